The third-order valence-corrected chi connectivity index (χ3v) is 10.1. The number of nitrogens with zero attached hydrogens (tertiary/aromatic N) is 3. The maximum Gasteiger partial charge on any atom is 0.238 e. The van der Waals surface area contributed by atoms with Gasteiger partial charge in [-0.05, 0) is 79.0 Å². The van der Waals surface area contributed by atoms with Gasteiger partial charge in [0.2, 0.25) is 23.6 Å². The Morgan fingerprint density at radius 3 is 1.59 bits per heavy atom. The number of carbonyl (C=O) groups excluding carboxylic acids is 4. The molecule has 4 bridgehead atoms. The summed E-state index contributed by atoms with van der Waals surface area (Å²) in [5.74, 6) is 0.0185. The van der Waals surface area contributed by atoms with Crippen molar-refractivity contribution in [2.24, 2.45) is 47.3 Å². The van der Waals surface area contributed by atoms with Crippen LogP contribution in [0.2, 0.25) is 0 Å². The molecule has 4 amide bonds. The second-order valence-corrected chi connectivity index (χ2v) is 11.9. The number of hydrogen-bond donors (Lipinski definition) is 1. The van der Waals surface area contributed by atoms with Gasteiger partial charge in [0.25, 0.3) is 0 Å². The molecule has 0 unspecified atom stereocenters. The summed E-state index contributed by atoms with van der Waals surface area (Å²) in [6, 6.07) is 12.7. The summed E-state index contributed by atoms with van der Waals surface area (Å²) < 4.78 is 0. The first-order valence-corrected chi connectivity index (χ1v) is 13.7. The fourth-order valence-corrected chi connectivity index (χ4v) is 8.36. The molecule has 0 radical (unpaired) electrons. The van der Waals surface area contributed by atoms with Crippen LogP contribution in [-0.4, -0.2) is 33.6 Å². The molecular weight excluding hydrogens is 492 g/mol. The molecule has 6 aliphatic rings. The van der Waals surface area contributed by atoms with E-state index in [-0.39, 0.29) is 71.0 Å². The number of aromatic nitrogens is 2. The third kappa shape index (κ3) is 2.66. The van der Waals surface area contributed by atoms with Gasteiger partial charge in [-0.3, -0.25) is 24.1 Å². The Hall–Kier alpha value is -4.33. The largest absolute Gasteiger partial charge is 0.338 e. The second kappa shape index (κ2) is 7.20. The molecule has 4 aliphatic carbocycles. The van der Waals surface area contributed by atoms with Crippen molar-refractivity contribution >= 4 is 46.0 Å². The maximum atomic E-state index is 13.2. The third-order valence-electron chi connectivity index (χ3n) is 10.1. The van der Waals surface area contributed by atoms with Gasteiger partial charge in [0.1, 0.15) is 5.82 Å². The van der Waals surface area contributed by atoms with Crippen LogP contribution in [0.5, 0.6) is 0 Å². The predicted molar refractivity (Wildman–Crippen MR) is 142 cm³/mol. The maximum absolute atomic E-state index is 13.2. The number of imide groups is 2. The number of allylic oxidation sites excluding steroid dienone is 4. The van der Waals surface area contributed by atoms with Gasteiger partial charge in [-0.1, -0.05) is 24.3 Å². The van der Waals surface area contributed by atoms with Crippen LogP contribution in [0.25, 0.3) is 22.4 Å². The molecule has 2 aromatic carbocycles. The normalized spacial score (nSPS) is 35.4. The number of carbonyl (C=O) groups is 4. The molecule has 3 aromatic rings. The smallest absolute Gasteiger partial charge is 0.238 e. The van der Waals surface area contributed by atoms with Crippen LogP contribution in [0.1, 0.15) is 12.8 Å². The lowest BCUT2D eigenvalue weighted by Gasteiger charge is -2.17. The Morgan fingerprint density at radius 2 is 1.08 bits per heavy atom. The van der Waals surface area contributed by atoms with Crippen molar-refractivity contribution in [1.82, 2.24) is 9.97 Å². The number of hydrogen-bond acceptors (Lipinski definition) is 5. The van der Waals surface area contributed by atoms with Crippen LogP contribution in [0, 0.1) is 47.3 Å². The molecule has 2 aliphatic heterocycles. The number of H-pyrrole nitrogens is 1. The number of fused-ring (bicyclic) bond motifs is 11. The van der Waals surface area contributed by atoms with Gasteiger partial charge in [-0.15, -0.1) is 0 Å². The molecule has 192 valence electrons. The number of amides is 4. The zero-order valence-electron chi connectivity index (χ0n) is 20.9. The predicted octanol–water partition coefficient (Wildman–Crippen LogP) is 3.85. The highest BCUT2D eigenvalue weighted by atomic mass is 16.2. The minimum atomic E-state index is -0.237. The standard InChI is InChI=1S/C31H24N4O4/c36-28-23-15-1-2-16(11-15)24(23)29(37)34(28)19-7-5-14(6-8-19)27-32-21-10-9-20(13-22(21)33-27)35-30(38)25-17-3-4-18(12-17)26(25)31(35)39/h1-10,13,15-18,23-26H,11-12H2,(H,32,33)/t15-,16+,17-,18+,23-,24-,25-,26+/m0/s1. The SMILES string of the molecule is O=C1[C@@H]2[C@@H](C(=O)N1c1ccc(-c3nc4ccc(N5C(=O)[C@@H]6[C@H](C5=O)[C@@H]5C=C[C@H]6C5)cc4[nH]3)cc1)[C@H]1C=C[C@@H]2C1. The summed E-state index contributed by atoms with van der Waals surface area (Å²) >= 11 is 0. The Bertz CT molecular complexity index is 1660. The Morgan fingerprint density at radius 1 is 0.615 bits per heavy atom. The lowest BCUT2D eigenvalue weighted by molar-refractivity contribution is -0.124. The van der Waals surface area contributed by atoms with Crippen LogP contribution in [0.15, 0.2) is 66.8 Å². The van der Waals surface area contributed by atoms with Gasteiger partial charge in [0.05, 0.1) is 46.1 Å². The van der Waals surface area contributed by atoms with Gasteiger partial charge < -0.3 is 4.98 Å². The highest BCUT2D eigenvalue weighted by Crippen LogP contribution is 2.54. The van der Waals surface area contributed by atoms with Crippen LogP contribution in [-0.2, 0) is 19.2 Å². The Balaban J connectivity index is 0.997. The summed E-state index contributed by atoms with van der Waals surface area (Å²) in [6.07, 6.45) is 10.2. The number of benzene rings is 2. The quantitative estimate of drug-likeness (QED) is 0.421. The molecule has 9 rings (SSSR count). The first kappa shape index (κ1) is 21.6. The average Bonchev–Trinajstić information content (AvgIpc) is 3.79. The van der Waals surface area contributed by atoms with Crippen molar-refractivity contribution in [2.45, 2.75) is 12.8 Å². The molecule has 4 fully saturated rings. The van der Waals surface area contributed by atoms with Gasteiger partial charge in [0, 0.05) is 5.56 Å². The summed E-state index contributed by atoms with van der Waals surface area (Å²) in [6.45, 7) is 0. The minimum absolute atomic E-state index is 0.0928. The van der Waals surface area contributed by atoms with E-state index in [1.165, 1.54) is 9.80 Å². The molecule has 8 atom stereocenters. The Labute approximate surface area is 223 Å². The van der Waals surface area contributed by atoms with Crippen LogP contribution in [0.4, 0.5) is 11.4 Å². The van der Waals surface area contributed by atoms with Crippen LogP contribution in [0.3, 0.4) is 0 Å². The van der Waals surface area contributed by atoms with E-state index < -0.39 is 0 Å². The van der Waals surface area contributed by atoms with Gasteiger partial charge in [-0.2, -0.15) is 0 Å². The summed E-state index contributed by atoms with van der Waals surface area (Å²) in [5.41, 5.74) is 3.41. The molecule has 3 heterocycles. The van der Waals surface area contributed by atoms with Crippen molar-refractivity contribution in [1.29, 1.82) is 0 Å². The number of imidazole rings is 1. The van der Waals surface area contributed by atoms with E-state index in [9.17, 15) is 19.2 Å². The molecule has 39 heavy (non-hydrogen) atoms. The molecule has 2 saturated carbocycles. The first-order chi connectivity index (χ1) is 19.0. The topological polar surface area (TPSA) is 103 Å². The van der Waals surface area contributed by atoms with E-state index >= 15 is 0 Å². The summed E-state index contributed by atoms with van der Waals surface area (Å²) in [5, 5.41) is 0. The molecule has 0 spiro atoms. The number of anilines is 2. The lowest BCUT2D eigenvalue weighted by atomic mass is 9.85. The van der Waals surface area contributed by atoms with E-state index in [2.05, 4.69) is 29.3 Å². The van der Waals surface area contributed by atoms with Crippen molar-refractivity contribution in [3.05, 3.63) is 66.8 Å². The minimum Gasteiger partial charge on any atom is -0.338 e. The van der Waals surface area contributed by atoms with Crippen LogP contribution >= 0.6 is 0 Å². The molecule has 1 N–H and O–H groups in total. The number of aromatic amines is 1. The summed E-state index contributed by atoms with van der Waals surface area (Å²) in [7, 11) is 0. The first-order valence-electron chi connectivity index (χ1n) is 13.7. The van der Waals surface area contributed by atoms with E-state index in [0.717, 1.165) is 29.4 Å². The fraction of sp³-hybridized carbons (Fsp3) is 0.323. The average molecular weight is 517 g/mol. The zero-order valence-corrected chi connectivity index (χ0v) is 20.9. The van der Waals surface area contributed by atoms with E-state index in [1.807, 2.05) is 24.3 Å². The van der Waals surface area contributed by atoms with Crippen molar-refractivity contribution in [3.8, 4) is 11.4 Å². The molecule has 2 saturated heterocycles. The molecule has 8 heteroatoms. The molecule has 8 nitrogen and oxygen atoms in total. The number of rotatable bonds is 3. The highest BCUT2D eigenvalue weighted by molar-refractivity contribution is 6.24. The highest BCUT2D eigenvalue weighted by Gasteiger charge is 2.60. The van der Waals surface area contributed by atoms with E-state index in [4.69, 9.17) is 4.98 Å². The number of nitrogens with one attached hydrogen (secondary N) is 1. The molecular formula is C31H24N4O4. The van der Waals surface area contributed by atoms with E-state index in [0.29, 0.717) is 17.2 Å². The Kier molecular flexibility index (Phi) is 3.98. The van der Waals surface area contributed by atoms with Gasteiger partial charge in [0.15, 0.2) is 0 Å². The zero-order chi connectivity index (χ0) is 26.2. The van der Waals surface area contributed by atoms with Crippen molar-refractivity contribution in [3.63, 3.8) is 0 Å². The second-order valence-electron chi connectivity index (χ2n) is 11.9. The van der Waals surface area contributed by atoms with Gasteiger partial charge >= 0.3 is 0 Å². The monoisotopic (exact) mass is 516 g/mol. The summed E-state index contributed by atoms with van der Waals surface area (Å²) in [4.78, 5) is 63.5. The van der Waals surface area contributed by atoms with Crippen molar-refractivity contribution < 1.29 is 19.2 Å². The van der Waals surface area contributed by atoms with E-state index in [1.54, 1.807) is 18.2 Å². The lowest BCUT2D eigenvalue weighted by Crippen LogP contribution is -2.32. The van der Waals surface area contributed by atoms with Gasteiger partial charge in [-0.25, -0.2) is 9.88 Å². The van der Waals surface area contributed by atoms with Crippen LogP contribution < -0.4 is 9.80 Å². The molecule has 1 aromatic heterocycles. The fourth-order valence-electron chi connectivity index (χ4n) is 8.36. The van der Waals surface area contributed by atoms with Crippen molar-refractivity contribution in [2.75, 3.05) is 9.80 Å².